The van der Waals surface area contributed by atoms with E-state index in [0.29, 0.717) is 0 Å². The van der Waals surface area contributed by atoms with Gasteiger partial charge in [-0.1, -0.05) is 6.08 Å². The number of carbonyl (C=O) groups is 1. The van der Waals surface area contributed by atoms with Gasteiger partial charge in [0, 0.05) is 17.8 Å². The Hall–Kier alpha value is -2.13. The zero-order valence-corrected chi connectivity index (χ0v) is 10.2. The number of anilines is 2. The molecule has 1 rings (SSSR count). The maximum absolute atomic E-state index is 11.7. The van der Waals surface area contributed by atoms with Crippen molar-refractivity contribution in [1.82, 2.24) is 5.32 Å². The van der Waals surface area contributed by atoms with Gasteiger partial charge in [-0.3, -0.25) is 15.2 Å². The molecule has 0 unspecified atom stereocenters. The van der Waals surface area contributed by atoms with Crippen molar-refractivity contribution in [2.45, 2.75) is 6.92 Å². The van der Waals surface area contributed by atoms with Crippen LogP contribution in [0.1, 0.15) is 15.9 Å². The first-order valence-corrected chi connectivity index (χ1v) is 5.24. The van der Waals surface area contributed by atoms with Crippen LogP contribution in [-0.4, -0.2) is 22.9 Å². The summed E-state index contributed by atoms with van der Waals surface area (Å²) in [7, 11) is 0. The number of amides is 1. The van der Waals surface area contributed by atoms with Crippen LogP contribution in [0, 0.1) is 17.3 Å². The summed E-state index contributed by atoms with van der Waals surface area (Å²) in [6, 6.07) is 2.21. The predicted molar refractivity (Wildman–Crippen MR) is 69.0 cm³/mol. The summed E-state index contributed by atoms with van der Waals surface area (Å²) < 4.78 is 0. The standard InChI is InChI=1S/C11H13N3O5/c1-3-4-12-11(15)8-5-9(13(16)17)7(2)10(6-8)14(18)19/h3,5-6,16-17H,1,4H2,2H3,(H,12,15)/q-2. The molecule has 0 fully saturated rings. The fraction of sp³-hybridized carbons (Fsp3) is 0.182. The van der Waals surface area contributed by atoms with E-state index in [1.807, 2.05) is 0 Å². The van der Waals surface area contributed by atoms with Crippen molar-refractivity contribution in [1.29, 1.82) is 0 Å². The fourth-order valence-electron chi connectivity index (χ4n) is 1.48. The van der Waals surface area contributed by atoms with Gasteiger partial charge in [0.2, 0.25) is 0 Å². The lowest BCUT2D eigenvalue weighted by Gasteiger charge is -2.39. The number of nitrogens with one attached hydrogen (secondary N) is 1. The highest BCUT2D eigenvalue weighted by Gasteiger charge is 2.14. The number of carbonyl (C=O) groups excluding carboxylic acids is 1. The van der Waals surface area contributed by atoms with E-state index in [9.17, 15) is 15.2 Å². The average Bonchev–Trinajstić information content (AvgIpc) is 2.35. The van der Waals surface area contributed by atoms with E-state index in [1.165, 1.54) is 13.0 Å². The topological polar surface area (TPSA) is 122 Å². The summed E-state index contributed by atoms with van der Waals surface area (Å²) in [5.41, 5.74) is -0.634. The minimum Gasteiger partial charge on any atom is -0.769 e. The average molecular weight is 267 g/mol. The quantitative estimate of drug-likeness (QED) is 0.542. The van der Waals surface area contributed by atoms with Gasteiger partial charge in [0.15, 0.2) is 0 Å². The summed E-state index contributed by atoms with van der Waals surface area (Å²) in [6.45, 7) is 4.96. The lowest BCUT2D eigenvalue weighted by atomic mass is 10.1. The molecule has 0 aliphatic carbocycles. The van der Waals surface area contributed by atoms with Crippen molar-refractivity contribution in [2.75, 3.05) is 17.0 Å². The Morgan fingerprint density at radius 1 is 1.42 bits per heavy atom. The molecule has 3 N–H and O–H groups in total. The van der Waals surface area contributed by atoms with Crippen molar-refractivity contribution >= 4 is 17.3 Å². The summed E-state index contributed by atoms with van der Waals surface area (Å²) in [4.78, 5) is 11.7. The summed E-state index contributed by atoms with van der Waals surface area (Å²) in [5.74, 6) is -0.578. The lowest BCUT2D eigenvalue weighted by Crippen LogP contribution is -2.24. The third-order valence-corrected chi connectivity index (χ3v) is 2.43. The van der Waals surface area contributed by atoms with Crippen LogP contribution < -0.4 is 15.8 Å². The first-order chi connectivity index (χ1) is 8.88. The Labute approximate surface area is 109 Å². The summed E-state index contributed by atoms with van der Waals surface area (Å²) >= 11 is 0. The Balaban J connectivity index is 3.26. The molecular weight excluding hydrogens is 254 g/mol. The Morgan fingerprint density at radius 2 is 2.00 bits per heavy atom. The zero-order chi connectivity index (χ0) is 14.6. The summed E-state index contributed by atoms with van der Waals surface area (Å²) in [6.07, 6.45) is 1.45. The van der Waals surface area contributed by atoms with Crippen LogP contribution >= 0.6 is 0 Å². The van der Waals surface area contributed by atoms with Gasteiger partial charge >= 0.3 is 0 Å². The Bertz CT molecular complexity index is 458. The van der Waals surface area contributed by atoms with E-state index in [1.54, 1.807) is 0 Å². The minimum atomic E-state index is -0.702. The van der Waals surface area contributed by atoms with Crippen molar-refractivity contribution in [3.8, 4) is 0 Å². The highest BCUT2D eigenvalue weighted by Crippen LogP contribution is 2.29. The predicted octanol–water partition coefficient (Wildman–Crippen LogP) is 1.30. The Kier molecular flexibility index (Phi) is 4.84. The van der Waals surface area contributed by atoms with E-state index in [-0.39, 0.29) is 34.3 Å². The van der Waals surface area contributed by atoms with Gasteiger partial charge in [-0.2, -0.15) is 0 Å². The SMILES string of the molecule is C=CCNC(=O)c1cc(N([O-])[O-])c(C)c(N(O)O)c1. The number of nitrogens with zero attached hydrogens (tertiary/aromatic N) is 2. The number of rotatable bonds is 5. The van der Waals surface area contributed by atoms with Gasteiger partial charge in [0.05, 0.1) is 5.69 Å². The normalized spacial score (nSPS) is 9.95. The van der Waals surface area contributed by atoms with E-state index in [4.69, 9.17) is 10.4 Å². The molecule has 1 amide bonds. The van der Waals surface area contributed by atoms with Crippen LogP contribution in [0.25, 0.3) is 0 Å². The van der Waals surface area contributed by atoms with Gasteiger partial charge in [0.25, 0.3) is 5.91 Å². The molecule has 1 aromatic carbocycles. The molecule has 0 aliphatic rings. The van der Waals surface area contributed by atoms with Crippen molar-refractivity contribution in [3.63, 3.8) is 0 Å². The highest BCUT2D eigenvalue weighted by atomic mass is 16.8. The van der Waals surface area contributed by atoms with E-state index in [0.717, 1.165) is 12.1 Å². The molecule has 0 heterocycles. The molecule has 0 spiro atoms. The molecule has 104 valence electrons. The van der Waals surface area contributed by atoms with Crippen LogP contribution in [0.3, 0.4) is 0 Å². The zero-order valence-electron chi connectivity index (χ0n) is 10.2. The molecule has 0 saturated carbocycles. The third-order valence-electron chi connectivity index (χ3n) is 2.43. The van der Waals surface area contributed by atoms with Gasteiger partial charge in [-0.15, -0.1) is 11.8 Å². The highest BCUT2D eigenvalue weighted by molar-refractivity contribution is 5.97. The van der Waals surface area contributed by atoms with Crippen molar-refractivity contribution in [2.24, 2.45) is 0 Å². The molecule has 8 nitrogen and oxygen atoms in total. The molecule has 0 radical (unpaired) electrons. The Morgan fingerprint density at radius 3 is 2.47 bits per heavy atom. The maximum Gasteiger partial charge on any atom is 0.251 e. The molecule has 0 bridgehead atoms. The number of hydrogen-bond acceptors (Lipinski definition) is 7. The monoisotopic (exact) mass is 267 g/mol. The second kappa shape index (κ2) is 6.16. The van der Waals surface area contributed by atoms with Crippen LogP contribution in [0.15, 0.2) is 24.8 Å². The molecule has 0 aromatic heterocycles. The first kappa shape index (κ1) is 14.9. The minimum absolute atomic E-state index is 0.0373. The van der Waals surface area contributed by atoms with Gasteiger partial charge < -0.3 is 21.0 Å². The van der Waals surface area contributed by atoms with Crippen LogP contribution in [0.2, 0.25) is 0 Å². The maximum atomic E-state index is 11.7. The van der Waals surface area contributed by atoms with Crippen LogP contribution in [0.5, 0.6) is 0 Å². The molecule has 0 saturated heterocycles. The van der Waals surface area contributed by atoms with Crippen molar-refractivity contribution < 1.29 is 15.2 Å². The fourth-order valence-corrected chi connectivity index (χ4v) is 1.48. The van der Waals surface area contributed by atoms with E-state index < -0.39 is 11.1 Å². The molecule has 0 aliphatic heterocycles. The third kappa shape index (κ3) is 3.42. The van der Waals surface area contributed by atoms with E-state index in [2.05, 4.69) is 11.9 Å². The summed E-state index contributed by atoms with van der Waals surface area (Å²) in [5, 5.41) is 41.2. The van der Waals surface area contributed by atoms with Gasteiger partial charge in [-0.25, -0.2) is 0 Å². The lowest BCUT2D eigenvalue weighted by molar-refractivity contribution is 0.0288. The number of benzene rings is 1. The van der Waals surface area contributed by atoms with Crippen molar-refractivity contribution in [3.05, 3.63) is 46.3 Å². The van der Waals surface area contributed by atoms with Gasteiger partial charge in [-0.05, 0) is 24.6 Å². The second-order valence-corrected chi connectivity index (χ2v) is 3.68. The molecule has 8 heteroatoms. The van der Waals surface area contributed by atoms with Gasteiger partial charge in [0.1, 0.15) is 0 Å². The molecule has 1 aromatic rings. The number of hydrogen-bond donors (Lipinski definition) is 3. The van der Waals surface area contributed by atoms with Crippen LogP contribution in [-0.2, 0) is 0 Å². The second-order valence-electron chi connectivity index (χ2n) is 3.68. The largest absolute Gasteiger partial charge is 0.769 e. The smallest absolute Gasteiger partial charge is 0.251 e. The van der Waals surface area contributed by atoms with Crippen LogP contribution in [0.4, 0.5) is 11.4 Å². The molecule has 0 atom stereocenters. The first-order valence-electron chi connectivity index (χ1n) is 5.24. The molecule has 19 heavy (non-hydrogen) atoms. The molecular formula is C11H13N3O5-2. The van der Waals surface area contributed by atoms with E-state index >= 15 is 0 Å².